The van der Waals surface area contributed by atoms with Crippen molar-refractivity contribution in [3.05, 3.63) is 18.4 Å². The lowest BCUT2D eigenvalue weighted by atomic mass is 10.0. The maximum atomic E-state index is 3.58. The molecule has 0 aliphatic carbocycles. The molecule has 0 fully saturated rings. The van der Waals surface area contributed by atoms with Crippen molar-refractivity contribution in [3.63, 3.8) is 0 Å². The molecule has 0 aromatic heterocycles. The quantitative estimate of drug-likeness (QED) is 0.456. The lowest BCUT2D eigenvalue weighted by molar-refractivity contribution is 0.535. The third-order valence-corrected chi connectivity index (χ3v) is 1.88. The molecule has 1 N–H and O–H groups in total. The van der Waals surface area contributed by atoms with Gasteiger partial charge in [0.1, 0.15) is 0 Å². The number of rotatable bonds is 6. The highest BCUT2D eigenvalue weighted by atomic mass is 14.8. The first-order valence-electron chi connectivity index (χ1n) is 4.35. The molecule has 0 aliphatic heterocycles. The minimum atomic E-state index is 0.681. The smallest absolute Gasteiger partial charge is 0.00517 e. The molecule has 1 nitrogen and oxygen atoms in total. The molecule has 0 amide bonds. The summed E-state index contributed by atoms with van der Waals surface area (Å²) in [4.78, 5) is 0. The van der Waals surface area contributed by atoms with Gasteiger partial charge in [-0.15, -0.1) is 5.73 Å². The summed E-state index contributed by atoms with van der Waals surface area (Å²) in [6.07, 6.45) is 5.77. The van der Waals surface area contributed by atoms with Crippen LogP contribution in [0.3, 0.4) is 0 Å². The van der Waals surface area contributed by atoms with Gasteiger partial charge in [-0.1, -0.05) is 13.5 Å². The third kappa shape index (κ3) is 5.90. The Kier molecular flexibility index (Phi) is 7.23. The van der Waals surface area contributed by atoms with Gasteiger partial charge >= 0.3 is 0 Å². The van der Waals surface area contributed by atoms with Crippen LogP contribution in [0.4, 0.5) is 0 Å². The van der Waals surface area contributed by atoms with E-state index in [9.17, 15) is 0 Å². The van der Waals surface area contributed by atoms with Crippen molar-refractivity contribution in [2.75, 3.05) is 13.6 Å². The van der Waals surface area contributed by atoms with Gasteiger partial charge in [-0.05, 0) is 44.8 Å². The van der Waals surface area contributed by atoms with Crippen molar-refractivity contribution in [1.29, 1.82) is 0 Å². The second-order valence-electron chi connectivity index (χ2n) is 2.78. The topological polar surface area (TPSA) is 12.0 Å². The van der Waals surface area contributed by atoms with E-state index >= 15 is 0 Å². The van der Waals surface area contributed by atoms with E-state index in [1.165, 1.54) is 19.3 Å². The second-order valence-corrected chi connectivity index (χ2v) is 2.78. The summed E-state index contributed by atoms with van der Waals surface area (Å²) in [5.74, 6) is 0.681. The normalized spacial score (nSPS) is 12.2. The fraction of sp³-hybridized carbons (Fsp3) is 0.700. The highest BCUT2D eigenvalue weighted by Gasteiger charge is 1.99. The Balaban J connectivity index is 3.43. The SMILES string of the molecule is C=C=CC(CC)CCCNC. The van der Waals surface area contributed by atoms with E-state index in [2.05, 4.69) is 30.6 Å². The zero-order chi connectivity index (χ0) is 8.53. The zero-order valence-corrected chi connectivity index (χ0v) is 7.69. The Morgan fingerprint density at radius 3 is 2.82 bits per heavy atom. The average molecular weight is 153 g/mol. The summed E-state index contributed by atoms with van der Waals surface area (Å²) < 4.78 is 0. The Morgan fingerprint density at radius 1 is 1.64 bits per heavy atom. The largest absolute Gasteiger partial charge is 0.320 e. The molecule has 0 rings (SSSR count). The van der Waals surface area contributed by atoms with Crippen molar-refractivity contribution in [2.24, 2.45) is 5.92 Å². The number of allylic oxidation sites excluding steroid dienone is 1. The first kappa shape index (κ1) is 10.5. The van der Waals surface area contributed by atoms with Gasteiger partial charge in [0.2, 0.25) is 0 Å². The molecular weight excluding hydrogens is 134 g/mol. The van der Waals surface area contributed by atoms with E-state index in [4.69, 9.17) is 0 Å². The second kappa shape index (κ2) is 7.59. The van der Waals surface area contributed by atoms with Crippen LogP contribution in [0.5, 0.6) is 0 Å². The van der Waals surface area contributed by atoms with E-state index in [1.807, 2.05) is 7.05 Å². The maximum absolute atomic E-state index is 3.58. The van der Waals surface area contributed by atoms with Crippen LogP contribution in [0, 0.1) is 5.92 Å². The first-order valence-corrected chi connectivity index (χ1v) is 4.35. The molecule has 0 aromatic rings. The summed E-state index contributed by atoms with van der Waals surface area (Å²) in [7, 11) is 1.99. The summed E-state index contributed by atoms with van der Waals surface area (Å²) in [5.41, 5.74) is 2.85. The van der Waals surface area contributed by atoms with Crippen molar-refractivity contribution >= 4 is 0 Å². The van der Waals surface area contributed by atoms with Crippen molar-refractivity contribution in [2.45, 2.75) is 26.2 Å². The molecule has 64 valence electrons. The summed E-state index contributed by atoms with van der Waals surface area (Å²) in [6, 6.07) is 0. The van der Waals surface area contributed by atoms with Gasteiger partial charge in [0, 0.05) is 0 Å². The molecule has 11 heavy (non-hydrogen) atoms. The summed E-state index contributed by atoms with van der Waals surface area (Å²) in [5, 5.41) is 3.14. The van der Waals surface area contributed by atoms with Crippen LogP contribution in [-0.4, -0.2) is 13.6 Å². The average Bonchev–Trinajstić information content (AvgIpc) is 2.03. The summed E-state index contributed by atoms with van der Waals surface area (Å²) >= 11 is 0. The Morgan fingerprint density at radius 2 is 2.36 bits per heavy atom. The predicted molar refractivity (Wildman–Crippen MR) is 50.7 cm³/mol. The van der Waals surface area contributed by atoms with Gasteiger partial charge in [0.25, 0.3) is 0 Å². The molecule has 1 atom stereocenters. The van der Waals surface area contributed by atoms with E-state index in [1.54, 1.807) is 0 Å². The molecule has 1 unspecified atom stereocenters. The minimum absolute atomic E-state index is 0.681. The predicted octanol–water partition coefficient (Wildman–Crippen LogP) is 2.35. The first-order chi connectivity index (χ1) is 5.35. The Labute approximate surface area is 70.2 Å². The van der Waals surface area contributed by atoms with Crippen LogP contribution in [0.2, 0.25) is 0 Å². The van der Waals surface area contributed by atoms with Crippen LogP contribution in [0.25, 0.3) is 0 Å². The molecule has 1 heteroatoms. The van der Waals surface area contributed by atoms with Crippen molar-refractivity contribution in [3.8, 4) is 0 Å². The van der Waals surface area contributed by atoms with Gasteiger partial charge in [-0.2, -0.15) is 0 Å². The van der Waals surface area contributed by atoms with Gasteiger partial charge in [-0.3, -0.25) is 0 Å². The Bertz CT molecular complexity index is 123. The molecule has 0 heterocycles. The molecule has 0 saturated heterocycles. The third-order valence-electron chi connectivity index (χ3n) is 1.88. The molecule has 0 saturated carbocycles. The van der Waals surface area contributed by atoms with Gasteiger partial charge in [0.05, 0.1) is 0 Å². The highest BCUT2D eigenvalue weighted by Crippen LogP contribution is 2.10. The lowest BCUT2D eigenvalue weighted by Gasteiger charge is -2.07. The van der Waals surface area contributed by atoms with Gasteiger partial charge < -0.3 is 5.32 Å². The standard InChI is InChI=1S/C10H19N/c1-4-7-10(5-2)8-6-9-11-3/h7,10-11H,1,5-6,8-9H2,2-3H3. The zero-order valence-electron chi connectivity index (χ0n) is 7.69. The fourth-order valence-electron chi connectivity index (χ4n) is 1.11. The number of hydrogen-bond acceptors (Lipinski definition) is 1. The van der Waals surface area contributed by atoms with Crippen LogP contribution in [0.15, 0.2) is 18.4 Å². The Hall–Kier alpha value is -0.520. The van der Waals surface area contributed by atoms with E-state index in [0.717, 1.165) is 6.54 Å². The van der Waals surface area contributed by atoms with Crippen LogP contribution in [-0.2, 0) is 0 Å². The van der Waals surface area contributed by atoms with Gasteiger partial charge in [-0.25, -0.2) is 0 Å². The van der Waals surface area contributed by atoms with Crippen molar-refractivity contribution < 1.29 is 0 Å². The minimum Gasteiger partial charge on any atom is -0.320 e. The molecule has 0 bridgehead atoms. The van der Waals surface area contributed by atoms with Crippen LogP contribution in [0.1, 0.15) is 26.2 Å². The van der Waals surface area contributed by atoms with Gasteiger partial charge in [0.15, 0.2) is 0 Å². The lowest BCUT2D eigenvalue weighted by Crippen LogP contribution is -2.08. The maximum Gasteiger partial charge on any atom is -0.00517 e. The van der Waals surface area contributed by atoms with E-state index in [0.29, 0.717) is 5.92 Å². The molecule has 0 spiro atoms. The highest BCUT2D eigenvalue weighted by molar-refractivity contribution is 4.83. The molecule has 0 aromatic carbocycles. The number of hydrogen-bond donors (Lipinski definition) is 1. The monoisotopic (exact) mass is 153 g/mol. The summed E-state index contributed by atoms with van der Waals surface area (Å²) in [6.45, 7) is 6.90. The molecular formula is C10H19N. The van der Waals surface area contributed by atoms with E-state index < -0.39 is 0 Å². The van der Waals surface area contributed by atoms with E-state index in [-0.39, 0.29) is 0 Å². The molecule has 0 radical (unpaired) electrons. The van der Waals surface area contributed by atoms with Crippen molar-refractivity contribution in [1.82, 2.24) is 5.32 Å². The van der Waals surface area contributed by atoms with Crippen LogP contribution < -0.4 is 5.32 Å². The molecule has 0 aliphatic rings. The fourth-order valence-corrected chi connectivity index (χ4v) is 1.11. The number of nitrogens with one attached hydrogen (secondary N) is 1. The van der Waals surface area contributed by atoms with Crippen LogP contribution >= 0.6 is 0 Å².